The van der Waals surface area contributed by atoms with Crippen molar-refractivity contribution in [1.29, 1.82) is 0 Å². The Bertz CT molecular complexity index is 1540. The van der Waals surface area contributed by atoms with Gasteiger partial charge in [0.15, 0.2) is 0 Å². The van der Waals surface area contributed by atoms with Gasteiger partial charge in [-0.1, -0.05) is 23.7 Å². The van der Waals surface area contributed by atoms with E-state index in [9.17, 15) is 32.7 Å². The number of nitrogens with zero attached hydrogens (tertiary/aromatic N) is 4. The lowest BCUT2D eigenvalue weighted by Crippen LogP contribution is -2.44. The van der Waals surface area contributed by atoms with Crippen LogP contribution >= 0.6 is 11.6 Å². The summed E-state index contributed by atoms with van der Waals surface area (Å²) in [6.45, 7) is -0.687. The van der Waals surface area contributed by atoms with E-state index in [1.54, 1.807) is 24.0 Å². The van der Waals surface area contributed by atoms with Crippen molar-refractivity contribution in [2.24, 2.45) is 7.05 Å². The molecule has 170 valence electrons. The number of hydrogen-bond acceptors (Lipinski definition) is 5. The largest absolute Gasteiger partial charge is 0.545 e. The molecule has 4 aromatic rings. The number of fused-ring (bicyclic) bond motifs is 1. The summed E-state index contributed by atoms with van der Waals surface area (Å²) in [5, 5.41) is 10.9. The summed E-state index contributed by atoms with van der Waals surface area (Å²) >= 11 is 5.89. The zero-order chi connectivity index (χ0) is 24.1. The molecule has 0 atom stereocenters. The number of aryl methyl sites for hydroxylation is 1. The highest BCUT2D eigenvalue weighted by Crippen LogP contribution is 2.36. The molecule has 0 unspecified atom stereocenters. The average Bonchev–Trinajstić information content (AvgIpc) is 3.11. The van der Waals surface area contributed by atoms with E-state index in [-0.39, 0.29) is 11.3 Å². The summed E-state index contributed by atoms with van der Waals surface area (Å²) in [5.41, 5.74) is -2.97. The van der Waals surface area contributed by atoms with Crippen LogP contribution < -0.4 is 16.4 Å². The molecule has 0 saturated carbocycles. The molecule has 0 saturated heterocycles. The lowest BCUT2D eigenvalue weighted by molar-refractivity contribution is -0.255. The van der Waals surface area contributed by atoms with Crippen LogP contribution in [0.1, 0.15) is 21.5 Å². The molecule has 12 heteroatoms. The molecule has 0 aliphatic carbocycles. The van der Waals surface area contributed by atoms with Crippen LogP contribution in [0.5, 0.6) is 0 Å². The van der Waals surface area contributed by atoms with E-state index >= 15 is 0 Å². The minimum atomic E-state index is -4.76. The number of carboxylic acid groups (broad SMARTS) is 1. The Labute approximate surface area is 187 Å². The maximum atomic E-state index is 13.2. The van der Waals surface area contributed by atoms with Crippen molar-refractivity contribution in [3.63, 3.8) is 0 Å². The second kappa shape index (κ2) is 7.93. The monoisotopic (exact) mass is 477 g/mol. The third kappa shape index (κ3) is 3.91. The van der Waals surface area contributed by atoms with Gasteiger partial charge in [-0.2, -0.15) is 13.2 Å². The van der Waals surface area contributed by atoms with Crippen molar-refractivity contribution in [2.45, 2.75) is 12.7 Å². The number of hydrogen-bond donors (Lipinski definition) is 0. The Kier molecular flexibility index (Phi) is 5.36. The number of rotatable bonds is 4. The van der Waals surface area contributed by atoms with Crippen LogP contribution in [0.15, 0.2) is 58.5 Å². The van der Waals surface area contributed by atoms with Crippen LogP contribution in [0.3, 0.4) is 0 Å². The van der Waals surface area contributed by atoms with Gasteiger partial charge in [0, 0.05) is 13.2 Å². The number of carboxylic acids is 1. The molecule has 8 nitrogen and oxygen atoms in total. The predicted molar refractivity (Wildman–Crippen MR) is 110 cm³/mol. The molecule has 0 amide bonds. The van der Waals surface area contributed by atoms with E-state index in [0.29, 0.717) is 10.1 Å². The highest BCUT2D eigenvalue weighted by molar-refractivity contribution is 6.32. The first-order valence-corrected chi connectivity index (χ1v) is 9.70. The van der Waals surface area contributed by atoms with Crippen molar-refractivity contribution in [1.82, 2.24) is 18.7 Å². The zero-order valence-electron chi connectivity index (χ0n) is 16.8. The third-order valence-electron chi connectivity index (χ3n) is 5.09. The number of carbonyl (C=O) groups is 1. The van der Waals surface area contributed by atoms with Crippen molar-refractivity contribution in [2.75, 3.05) is 0 Å². The first-order chi connectivity index (χ1) is 15.5. The van der Waals surface area contributed by atoms with Gasteiger partial charge < -0.3 is 14.5 Å². The number of halogens is 4. The molecule has 4 rings (SSSR count). The molecule has 0 aliphatic heterocycles. The highest BCUT2D eigenvalue weighted by Gasteiger charge is 2.34. The predicted octanol–water partition coefficient (Wildman–Crippen LogP) is 1.97. The number of imidazole rings is 1. The minimum absolute atomic E-state index is 0.187. The van der Waals surface area contributed by atoms with Crippen molar-refractivity contribution in [3.05, 3.63) is 91.5 Å². The quantitative estimate of drug-likeness (QED) is 0.447. The van der Waals surface area contributed by atoms with Gasteiger partial charge in [0.2, 0.25) is 0 Å². The van der Waals surface area contributed by atoms with E-state index < -0.39 is 46.1 Å². The summed E-state index contributed by atoms with van der Waals surface area (Å²) in [6.07, 6.45) is -2.40. The van der Waals surface area contributed by atoms with Crippen molar-refractivity contribution in [3.8, 4) is 5.69 Å². The Hall–Kier alpha value is -3.86. The summed E-state index contributed by atoms with van der Waals surface area (Å²) in [6, 6.07) is 7.69. The molecule has 2 aromatic carbocycles. The fraction of sp³-hybridized carbons (Fsp3) is 0.143. The van der Waals surface area contributed by atoms with Crippen LogP contribution in [0, 0.1) is 0 Å². The number of benzene rings is 2. The summed E-state index contributed by atoms with van der Waals surface area (Å²) in [4.78, 5) is 41.5. The van der Waals surface area contributed by atoms with Gasteiger partial charge in [0.25, 0.3) is 5.56 Å². The van der Waals surface area contributed by atoms with Crippen LogP contribution in [0.2, 0.25) is 5.02 Å². The third-order valence-corrected chi connectivity index (χ3v) is 5.54. The topological polar surface area (TPSA) is 102 Å². The molecule has 0 bridgehead atoms. The van der Waals surface area contributed by atoms with Gasteiger partial charge in [0.05, 0.1) is 51.7 Å². The van der Waals surface area contributed by atoms with E-state index in [1.807, 2.05) is 0 Å². The van der Waals surface area contributed by atoms with Crippen LogP contribution in [-0.2, 0) is 19.8 Å². The molecule has 0 N–H and O–H groups in total. The first kappa shape index (κ1) is 22.3. The summed E-state index contributed by atoms with van der Waals surface area (Å²) < 4.78 is 42.7. The lowest BCUT2D eigenvalue weighted by Gasteiger charge is -2.16. The molecular formula is C21H13ClF3N4O4-. The molecule has 2 heterocycles. The Morgan fingerprint density at radius 2 is 1.91 bits per heavy atom. The van der Waals surface area contributed by atoms with Crippen molar-refractivity contribution >= 4 is 28.6 Å². The second-order valence-corrected chi connectivity index (χ2v) is 7.56. The molecule has 0 aliphatic rings. The normalized spacial score (nSPS) is 11.8. The van der Waals surface area contributed by atoms with Crippen LogP contribution in [0.4, 0.5) is 13.2 Å². The summed E-state index contributed by atoms with van der Waals surface area (Å²) in [7, 11) is 1.76. The molecule has 0 radical (unpaired) electrons. The Morgan fingerprint density at radius 3 is 2.58 bits per heavy atom. The smallest absolute Gasteiger partial charge is 0.417 e. The number of alkyl halides is 3. The van der Waals surface area contributed by atoms with E-state index in [4.69, 9.17) is 11.6 Å². The first-order valence-electron chi connectivity index (χ1n) is 9.33. The number of aromatic carboxylic acids is 1. The fourth-order valence-corrected chi connectivity index (χ4v) is 3.72. The molecule has 0 spiro atoms. The van der Waals surface area contributed by atoms with E-state index in [1.165, 1.54) is 18.2 Å². The summed E-state index contributed by atoms with van der Waals surface area (Å²) in [5.74, 6) is -1.85. The minimum Gasteiger partial charge on any atom is -0.545 e. The van der Waals surface area contributed by atoms with Crippen molar-refractivity contribution < 1.29 is 23.1 Å². The van der Waals surface area contributed by atoms with Gasteiger partial charge >= 0.3 is 11.9 Å². The van der Waals surface area contributed by atoms with Gasteiger partial charge in [0.1, 0.15) is 0 Å². The number of aromatic nitrogens is 4. The molecule has 33 heavy (non-hydrogen) atoms. The Balaban J connectivity index is 1.92. The molecule has 0 fully saturated rings. The molecule has 2 aromatic heterocycles. The van der Waals surface area contributed by atoms with Gasteiger partial charge in [-0.3, -0.25) is 13.9 Å². The van der Waals surface area contributed by atoms with Gasteiger partial charge in [-0.05, 0) is 29.8 Å². The van der Waals surface area contributed by atoms with Gasteiger partial charge in [-0.15, -0.1) is 0 Å². The standard InChI is InChI=1S/C21H14ClF3N4O4/c1-27-10-26-15-7-12(5-6-16(15)27)28-9-13(19(31)32)18(30)29(20(28)33)8-11-3-2-4-14(17(11)22)21(23,24)25/h2-7,9-10H,8H2,1H3,(H,31,32)/p-1. The maximum absolute atomic E-state index is 13.2. The number of carbonyl (C=O) groups excluding carboxylic acids is 1. The van der Waals surface area contributed by atoms with E-state index in [0.717, 1.165) is 28.4 Å². The maximum Gasteiger partial charge on any atom is 0.417 e. The molecular weight excluding hydrogens is 465 g/mol. The van der Waals surface area contributed by atoms with Gasteiger partial charge in [-0.25, -0.2) is 9.78 Å². The Morgan fingerprint density at radius 1 is 1.18 bits per heavy atom. The lowest BCUT2D eigenvalue weighted by atomic mass is 10.1. The second-order valence-electron chi connectivity index (χ2n) is 7.18. The van der Waals surface area contributed by atoms with Crippen LogP contribution in [-0.4, -0.2) is 24.7 Å². The zero-order valence-corrected chi connectivity index (χ0v) is 17.5. The average molecular weight is 478 g/mol. The highest BCUT2D eigenvalue weighted by atomic mass is 35.5. The van der Waals surface area contributed by atoms with Crippen LogP contribution in [0.25, 0.3) is 16.7 Å². The fourth-order valence-electron chi connectivity index (χ4n) is 3.43. The van der Waals surface area contributed by atoms with E-state index in [2.05, 4.69) is 4.98 Å². The SMILES string of the molecule is Cn1cnc2cc(-n3cc(C(=O)[O-])c(=O)n(Cc4cccc(C(F)(F)F)c4Cl)c3=O)ccc21.